The molecule has 0 saturated heterocycles. The molecule has 2 rings (SSSR count). The van der Waals surface area contributed by atoms with Gasteiger partial charge in [0, 0.05) is 6.07 Å². The van der Waals surface area contributed by atoms with Crippen LogP contribution in [0.4, 0.5) is 11.7 Å². The number of rotatable bonds is 5. The van der Waals surface area contributed by atoms with Crippen molar-refractivity contribution in [1.82, 2.24) is 10.2 Å². The van der Waals surface area contributed by atoms with Gasteiger partial charge in [0.1, 0.15) is 17.4 Å². The number of nitrogens with one attached hydrogen (secondary N) is 1. The lowest BCUT2D eigenvalue weighted by molar-refractivity contribution is 0.404. The lowest BCUT2D eigenvalue weighted by atomic mass is 10.2. The number of alkyl halides is 1. The van der Waals surface area contributed by atoms with Gasteiger partial charge in [0.15, 0.2) is 0 Å². The maximum atomic E-state index is 5.58. The smallest absolute Gasteiger partial charge is 0.320 e. The number of aromatic nitrogens is 2. The monoisotopic (exact) mass is 269 g/mol. The molecule has 1 N–H and O–H groups in total. The van der Waals surface area contributed by atoms with Gasteiger partial charge in [-0.2, -0.15) is 0 Å². The number of methoxy groups -OCH3 is 2. The second kappa shape index (κ2) is 5.59. The Morgan fingerprint density at radius 1 is 1.28 bits per heavy atom. The molecule has 0 unspecified atom stereocenters. The summed E-state index contributed by atoms with van der Waals surface area (Å²) >= 11 is 5.58. The third-order valence-corrected chi connectivity index (χ3v) is 2.46. The zero-order valence-electron chi connectivity index (χ0n) is 9.94. The zero-order chi connectivity index (χ0) is 13.0. The topological polar surface area (TPSA) is 69.4 Å². The first-order valence-electron chi connectivity index (χ1n) is 5.14. The maximum Gasteiger partial charge on any atom is 0.320 e. The predicted octanol–water partition coefficient (Wildman–Crippen LogP) is 2.57. The Bertz CT molecular complexity index is 530. The Hall–Kier alpha value is -1.95. The third kappa shape index (κ3) is 2.65. The lowest BCUT2D eigenvalue weighted by Gasteiger charge is -2.09. The number of hydrogen-bond donors (Lipinski definition) is 1. The molecule has 1 aromatic carbocycles. The van der Waals surface area contributed by atoms with Crippen molar-refractivity contribution in [3.05, 3.63) is 24.1 Å². The van der Waals surface area contributed by atoms with Gasteiger partial charge in [0.25, 0.3) is 0 Å². The summed E-state index contributed by atoms with van der Waals surface area (Å²) in [6.07, 6.45) is 0. The Morgan fingerprint density at radius 2 is 2.11 bits per heavy atom. The van der Waals surface area contributed by atoms with Crippen molar-refractivity contribution >= 4 is 23.3 Å². The zero-order valence-corrected chi connectivity index (χ0v) is 10.7. The van der Waals surface area contributed by atoms with Crippen molar-refractivity contribution in [3.63, 3.8) is 0 Å². The average molecular weight is 270 g/mol. The van der Waals surface area contributed by atoms with Crippen LogP contribution < -0.4 is 14.8 Å². The minimum absolute atomic E-state index is 0.171. The van der Waals surface area contributed by atoms with Crippen LogP contribution in [0.3, 0.4) is 0 Å². The predicted molar refractivity (Wildman–Crippen MR) is 66.7 cm³/mol. The fourth-order valence-electron chi connectivity index (χ4n) is 1.39. The summed E-state index contributed by atoms with van der Waals surface area (Å²) in [6, 6.07) is 5.59. The van der Waals surface area contributed by atoms with Gasteiger partial charge >= 0.3 is 6.01 Å². The van der Waals surface area contributed by atoms with Gasteiger partial charge in [0.05, 0.1) is 19.9 Å². The van der Waals surface area contributed by atoms with E-state index in [-0.39, 0.29) is 11.9 Å². The molecule has 1 heterocycles. The van der Waals surface area contributed by atoms with Crippen LogP contribution in [0.5, 0.6) is 11.5 Å². The first kappa shape index (κ1) is 12.5. The van der Waals surface area contributed by atoms with Gasteiger partial charge in [-0.25, -0.2) is 0 Å². The minimum atomic E-state index is 0.171. The van der Waals surface area contributed by atoms with Crippen LogP contribution in [0.2, 0.25) is 0 Å². The molecule has 6 nitrogen and oxygen atoms in total. The number of anilines is 2. The van der Waals surface area contributed by atoms with E-state index in [0.717, 1.165) is 0 Å². The number of benzene rings is 1. The van der Waals surface area contributed by atoms with Crippen molar-refractivity contribution in [3.8, 4) is 11.5 Å². The van der Waals surface area contributed by atoms with Crippen LogP contribution in [-0.4, -0.2) is 24.4 Å². The molecule has 96 valence electrons. The molecule has 0 bridgehead atoms. The van der Waals surface area contributed by atoms with E-state index in [1.807, 2.05) is 0 Å². The van der Waals surface area contributed by atoms with Gasteiger partial charge in [-0.1, -0.05) is 5.10 Å². The van der Waals surface area contributed by atoms with Gasteiger partial charge in [-0.05, 0) is 12.1 Å². The molecular formula is C11H12ClN3O3. The van der Waals surface area contributed by atoms with Crippen LogP contribution in [0, 0.1) is 0 Å². The van der Waals surface area contributed by atoms with E-state index in [4.69, 9.17) is 25.5 Å². The molecule has 0 atom stereocenters. The first-order chi connectivity index (χ1) is 8.76. The van der Waals surface area contributed by atoms with Gasteiger partial charge in [0.2, 0.25) is 5.89 Å². The molecule has 0 amide bonds. The lowest BCUT2D eigenvalue weighted by Crippen LogP contribution is -1.96. The first-order valence-corrected chi connectivity index (χ1v) is 5.67. The summed E-state index contributed by atoms with van der Waals surface area (Å²) in [6.45, 7) is 0. The van der Waals surface area contributed by atoms with Gasteiger partial charge in [-0.3, -0.25) is 0 Å². The van der Waals surface area contributed by atoms with E-state index in [1.165, 1.54) is 0 Å². The van der Waals surface area contributed by atoms with Crippen molar-refractivity contribution in [1.29, 1.82) is 0 Å². The molecule has 0 aliphatic carbocycles. The molecule has 0 saturated carbocycles. The molecule has 7 heteroatoms. The van der Waals surface area contributed by atoms with Crippen molar-refractivity contribution in [2.45, 2.75) is 5.88 Å². The largest absolute Gasteiger partial charge is 0.497 e. The van der Waals surface area contributed by atoms with Crippen LogP contribution in [0.15, 0.2) is 22.6 Å². The molecule has 0 fully saturated rings. The van der Waals surface area contributed by atoms with Gasteiger partial charge in [-0.15, -0.1) is 16.7 Å². The highest BCUT2D eigenvalue weighted by Gasteiger charge is 2.09. The van der Waals surface area contributed by atoms with E-state index in [0.29, 0.717) is 23.1 Å². The molecule has 2 aromatic rings. The molecule has 18 heavy (non-hydrogen) atoms. The highest BCUT2D eigenvalue weighted by Crippen LogP contribution is 2.31. The molecule has 0 aliphatic rings. The average Bonchev–Trinajstić information content (AvgIpc) is 2.86. The summed E-state index contributed by atoms with van der Waals surface area (Å²) in [5.74, 6) is 1.85. The SMILES string of the molecule is COc1ccc(OC)c(Nc2nnc(CCl)o2)c1. The molecule has 0 spiro atoms. The fraction of sp³-hybridized carbons (Fsp3) is 0.273. The Morgan fingerprint density at radius 3 is 2.72 bits per heavy atom. The third-order valence-electron chi connectivity index (χ3n) is 2.23. The molecule has 0 aliphatic heterocycles. The number of ether oxygens (including phenoxy) is 2. The molecule has 0 radical (unpaired) electrons. The normalized spacial score (nSPS) is 10.2. The van der Waals surface area contributed by atoms with Crippen LogP contribution in [0.1, 0.15) is 5.89 Å². The summed E-state index contributed by atoms with van der Waals surface area (Å²) in [7, 11) is 3.16. The van der Waals surface area contributed by atoms with E-state index in [2.05, 4.69) is 15.5 Å². The standard InChI is InChI=1S/C11H12ClN3O3/c1-16-7-3-4-9(17-2)8(5-7)13-11-15-14-10(6-12)18-11/h3-5H,6H2,1-2H3,(H,13,15). The second-order valence-electron chi connectivity index (χ2n) is 3.33. The van der Waals surface area contributed by atoms with Crippen LogP contribution >= 0.6 is 11.6 Å². The highest BCUT2D eigenvalue weighted by molar-refractivity contribution is 6.16. The maximum absolute atomic E-state index is 5.58. The van der Waals surface area contributed by atoms with Crippen molar-refractivity contribution < 1.29 is 13.9 Å². The Balaban J connectivity index is 2.25. The number of hydrogen-bond acceptors (Lipinski definition) is 6. The number of halogens is 1. The van der Waals surface area contributed by atoms with Gasteiger partial charge < -0.3 is 19.2 Å². The summed E-state index contributed by atoms with van der Waals surface area (Å²) < 4.78 is 15.6. The van der Waals surface area contributed by atoms with E-state index < -0.39 is 0 Å². The van der Waals surface area contributed by atoms with Crippen LogP contribution in [-0.2, 0) is 5.88 Å². The summed E-state index contributed by atoms with van der Waals surface area (Å²) in [5.41, 5.74) is 0.668. The quantitative estimate of drug-likeness (QED) is 0.842. The highest BCUT2D eigenvalue weighted by atomic mass is 35.5. The van der Waals surface area contributed by atoms with Crippen LogP contribution in [0.25, 0.3) is 0 Å². The second-order valence-corrected chi connectivity index (χ2v) is 3.59. The Labute approximate surface area is 109 Å². The van der Waals surface area contributed by atoms with E-state index in [1.54, 1.807) is 32.4 Å². The summed E-state index contributed by atoms with van der Waals surface area (Å²) in [5, 5.41) is 10.5. The van der Waals surface area contributed by atoms with Crippen molar-refractivity contribution in [2.24, 2.45) is 0 Å². The number of nitrogens with zero attached hydrogens (tertiary/aromatic N) is 2. The van der Waals surface area contributed by atoms with E-state index in [9.17, 15) is 0 Å². The Kier molecular flexibility index (Phi) is 3.88. The van der Waals surface area contributed by atoms with Crippen molar-refractivity contribution in [2.75, 3.05) is 19.5 Å². The van der Waals surface area contributed by atoms with E-state index >= 15 is 0 Å². The fourth-order valence-corrected chi connectivity index (χ4v) is 1.49. The molecular weight excluding hydrogens is 258 g/mol. The molecule has 1 aromatic heterocycles. The minimum Gasteiger partial charge on any atom is -0.497 e. The summed E-state index contributed by atoms with van der Waals surface area (Å²) in [4.78, 5) is 0.